The fraction of sp³-hybridized carbons (Fsp3) is 0.500. The second-order valence-corrected chi connectivity index (χ2v) is 7.90. The first-order valence-corrected chi connectivity index (χ1v) is 10.2. The number of para-hydroxylation sites is 1. The van der Waals surface area contributed by atoms with E-state index in [1.807, 2.05) is 43.3 Å². The van der Waals surface area contributed by atoms with Crippen molar-refractivity contribution in [3.8, 4) is 0 Å². The molecule has 3 heterocycles. The molecule has 3 unspecified atom stereocenters. The molecule has 0 aliphatic carbocycles. The molecule has 3 atom stereocenters. The highest BCUT2D eigenvalue weighted by molar-refractivity contribution is 6.33. The Hall–Kier alpha value is -2.00. The molecular weight excluding hydrogens is 395 g/mol. The molecule has 156 valence electrons. The van der Waals surface area contributed by atoms with Crippen LogP contribution in [0.15, 0.2) is 42.7 Å². The van der Waals surface area contributed by atoms with Crippen LogP contribution in [0.4, 0.5) is 16.0 Å². The minimum atomic E-state index is -1.35. The van der Waals surface area contributed by atoms with Crippen molar-refractivity contribution in [2.75, 3.05) is 56.6 Å². The molecule has 0 N–H and O–H groups in total. The smallest absolute Gasteiger partial charge is 0.227 e. The molecule has 1 aromatic carbocycles. The van der Waals surface area contributed by atoms with Gasteiger partial charge in [-0.05, 0) is 32.3 Å². The van der Waals surface area contributed by atoms with Gasteiger partial charge < -0.3 is 14.5 Å². The first-order chi connectivity index (χ1) is 14.0. The molecule has 29 heavy (non-hydrogen) atoms. The Morgan fingerprint density at radius 1 is 1.07 bits per heavy atom. The predicted molar refractivity (Wildman–Crippen MR) is 112 cm³/mol. The molecule has 2 aliphatic rings. The number of alkyl halides is 1. The van der Waals surface area contributed by atoms with Gasteiger partial charge in [-0.1, -0.05) is 23.7 Å². The number of rotatable bonds is 4. The van der Waals surface area contributed by atoms with E-state index in [1.165, 1.54) is 0 Å². The number of hydrogen-bond donors (Lipinski definition) is 0. The molecule has 2 saturated heterocycles. The zero-order valence-electron chi connectivity index (χ0n) is 16.7. The SMILES string of the molecule is CN(C)C1CN(c2ncccn2)C(F)C(N2CCN(c3ccccc3Cl)CC2)O1. The van der Waals surface area contributed by atoms with Crippen molar-refractivity contribution in [1.82, 2.24) is 19.8 Å². The van der Waals surface area contributed by atoms with Gasteiger partial charge in [0.15, 0.2) is 6.23 Å². The zero-order valence-corrected chi connectivity index (χ0v) is 17.4. The Morgan fingerprint density at radius 2 is 1.76 bits per heavy atom. The number of aromatic nitrogens is 2. The summed E-state index contributed by atoms with van der Waals surface area (Å²) in [5.74, 6) is 0.384. The molecule has 4 rings (SSSR count). The fourth-order valence-corrected chi connectivity index (χ4v) is 4.05. The minimum Gasteiger partial charge on any atom is -0.368 e. The molecule has 0 bridgehead atoms. The van der Waals surface area contributed by atoms with Crippen molar-refractivity contribution in [2.45, 2.75) is 18.8 Å². The Kier molecular flexibility index (Phi) is 6.15. The van der Waals surface area contributed by atoms with E-state index in [1.54, 1.807) is 23.4 Å². The van der Waals surface area contributed by atoms with Crippen LogP contribution in [0, 0.1) is 0 Å². The van der Waals surface area contributed by atoms with Gasteiger partial charge in [0.25, 0.3) is 0 Å². The number of benzene rings is 1. The monoisotopic (exact) mass is 420 g/mol. The summed E-state index contributed by atoms with van der Waals surface area (Å²) in [6.07, 6.45) is 0.977. The molecule has 1 aromatic heterocycles. The highest BCUT2D eigenvalue weighted by Crippen LogP contribution is 2.30. The van der Waals surface area contributed by atoms with E-state index in [4.69, 9.17) is 16.3 Å². The second-order valence-electron chi connectivity index (χ2n) is 7.49. The third kappa shape index (κ3) is 4.30. The highest BCUT2D eigenvalue weighted by atomic mass is 35.5. The van der Waals surface area contributed by atoms with E-state index >= 15 is 4.39 Å². The van der Waals surface area contributed by atoms with Crippen LogP contribution in [-0.4, -0.2) is 85.3 Å². The molecule has 0 saturated carbocycles. The number of morpholine rings is 1. The summed E-state index contributed by atoms with van der Waals surface area (Å²) >= 11 is 6.34. The maximum atomic E-state index is 15.5. The highest BCUT2D eigenvalue weighted by Gasteiger charge is 2.43. The van der Waals surface area contributed by atoms with Crippen molar-refractivity contribution in [3.05, 3.63) is 47.7 Å². The van der Waals surface area contributed by atoms with Crippen LogP contribution in [0.25, 0.3) is 0 Å². The average molecular weight is 421 g/mol. The van der Waals surface area contributed by atoms with Crippen LogP contribution in [0.2, 0.25) is 5.02 Å². The van der Waals surface area contributed by atoms with Crippen LogP contribution in [0.1, 0.15) is 0 Å². The Bertz CT molecular complexity index is 805. The van der Waals surface area contributed by atoms with Gasteiger partial charge in [0.2, 0.25) is 12.2 Å². The van der Waals surface area contributed by atoms with E-state index < -0.39 is 12.5 Å². The van der Waals surface area contributed by atoms with Crippen molar-refractivity contribution in [2.24, 2.45) is 0 Å². The average Bonchev–Trinajstić information content (AvgIpc) is 2.75. The number of ether oxygens (including phenoxy) is 1. The van der Waals surface area contributed by atoms with Crippen molar-refractivity contribution >= 4 is 23.2 Å². The lowest BCUT2D eigenvalue weighted by molar-refractivity contribution is -0.190. The number of nitrogens with zero attached hydrogens (tertiary/aromatic N) is 6. The third-order valence-corrected chi connectivity index (χ3v) is 5.75. The van der Waals surface area contributed by atoms with Crippen molar-refractivity contribution in [3.63, 3.8) is 0 Å². The summed E-state index contributed by atoms with van der Waals surface area (Å²) in [6.45, 7) is 3.24. The standard InChI is InChI=1S/C20H26ClFN6O/c1-25(2)17-14-28(20-23-8-5-9-24-20)18(22)19(29-17)27-12-10-26(11-13-27)16-7-4-3-6-15(16)21/h3-9,17-19H,10-14H2,1-2H3. The number of hydrogen-bond acceptors (Lipinski definition) is 7. The van der Waals surface area contributed by atoms with Crippen LogP contribution in [0.5, 0.6) is 0 Å². The van der Waals surface area contributed by atoms with Gasteiger partial charge in [0, 0.05) is 38.6 Å². The van der Waals surface area contributed by atoms with Gasteiger partial charge in [0.05, 0.1) is 17.3 Å². The summed E-state index contributed by atoms with van der Waals surface area (Å²) in [6, 6.07) is 9.54. The Labute approximate surface area is 175 Å². The maximum absolute atomic E-state index is 15.5. The first-order valence-electron chi connectivity index (χ1n) is 9.78. The quantitative estimate of drug-likeness (QED) is 0.703. The van der Waals surface area contributed by atoms with Crippen LogP contribution in [0.3, 0.4) is 0 Å². The summed E-state index contributed by atoms with van der Waals surface area (Å²) in [4.78, 5) is 16.3. The Balaban J connectivity index is 1.49. The van der Waals surface area contributed by atoms with Gasteiger partial charge in [-0.3, -0.25) is 9.80 Å². The maximum Gasteiger partial charge on any atom is 0.227 e. The largest absolute Gasteiger partial charge is 0.368 e. The van der Waals surface area contributed by atoms with E-state index in [2.05, 4.69) is 19.8 Å². The van der Waals surface area contributed by atoms with Crippen molar-refractivity contribution in [1.29, 1.82) is 0 Å². The zero-order chi connectivity index (χ0) is 20.4. The summed E-state index contributed by atoms with van der Waals surface area (Å²) in [7, 11) is 3.86. The normalized spacial score (nSPS) is 26.2. The molecule has 0 radical (unpaired) electrons. The minimum absolute atomic E-state index is 0.252. The van der Waals surface area contributed by atoms with Crippen LogP contribution >= 0.6 is 11.6 Å². The molecular formula is C20H26ClFN6O. The number of likely N-dealkylation sites (N-methyl/N-ethyl adjacent to an activating group) is 1. The molecule has 0 amide bonds. The van der Waals surface area contributed by atoms with Gasteiger partial charge >= 0.3 is 0 Å². The van der Waals surface area contributed by atoms with E-state index in [9.17, 15) is 0 Å². The van der Waals surface area contributed by atoms with Crippen LogP contribution in [-0.2, 0) is 4.74 Å². The lowest BCUT2D eigenvalue weighted by Crippen LogP contribution is -2.64. The van der Waals surface area contributed by atoms with E-state index in [-0.39, 0.29) is 6.23 Å². The summed E-state index contributed by atoms with van der Waals surface area (Å²) < 4.78 is 21.7. The lowest BCUT2D eigenvalue weighted by Gasteiger charge is -2.48. The van der Waals surface area contributed by atoms with Gasteiger partial charge in [-0.2, -0.15) is 0 Å². The first kappa shape index (κ1) is 20.3. The Morgan fingerprint density at radius 3 is 2.41 bits per heavy atom. The summed E-state index contributed by atoms with van der Waals surface area (Å²) in [5, 5.41) is 0.735. The van der Waals surface area contributed by atoms with E-state index in [0.29, 0.717) is 25.6 Å². The molecule has 0 spiro atoms. The number of anilines is 2. The third-order valence-electron chi connectivity index (χ3n) is 5.43. The molecule has 7 nitrogen and oxygen atoms in total. The molecule has 9 heteroatoms. The van der Waals surface area contributed by atoms with Crippen LogP contribution < -0.4 is 9.80 Å². The van der Waals surface area contributed by atoms with Gasteiger partial charge in [-0.15, -0.1) is 0 Å². The number of piperazine rings is 1. The topological polar surface area (TPSA) is 48.0 Å². The molecule has 2 aliphatic heterocycles. The fourth-order valence-electron chi connectivity index (χ4n) is 3.79. The lowest BCUT2D eigenvalue weighted by atomic mass is 10.2. The van der Waals surface area contributed by atoms with Crippen molar-refractivity contribution < 1.29 is 9.13 Å². The van der Waals surface area contributed by atoms with Gasteiger partial charge in [-0.25, -0.2) is 14.4 Å². The second kappa shape index (κ2) is 8.79. The van der Waals surface area contributed by atoms with Gasteiger partial charge in [0.1, 0.15) is 6.23 Å². The predicted octanol–water partition coefficient (Wildman–Crippen LogP) is 2.30. The summed E-state index contributed by atoms with van der Waals surface area (Å²) in [5.41, 5.74) is 1.01. The molecule has 2 fully saturated rings. The van der Waals surface area contributed by atoms with E-state index in [0.717, 1.165) is 23.8 Å². The molecule has 2 aromatic rings. The number of halogens is 2.